The third-order valence-electron chi connectivity index (χ3n) is 2.32. The zero-order valence-corrected chi connectivity index (χ0v) is 10.6. The molecule has 100 valence electrons. The fraction of sp³-hybridized carbons (Fsp3) is 0.167. The topological polar surface area (TPSA) is 34.4 Å². The molecule has 0 atom stereocenters. The molecule has 1 aromatic carbocycles. The number of halogens is 3. The highest BCUT2D eigenvalue weighted by Gasteiger charge is 2.29. The van der Waals surface area contributed by atoms with Gasteiger partial charge in [0.25, 0.3) is 0 Å². The number of aromatic nitrogens is 1. The average Bonchev–Trinajstić information content (AvgIpc) is 2.75. The van der Waals surface area contributed by atoms with Crippen molar-refractivity contribution in [2.24, 2.45) is 4.99 Å². The van der Waals surface area contributed by atoms with Gasteiger partial charge >= 0.3 is 6.18 Å². The van der Waals surface area contributed by atoms with Crippen LogP contribution in [-0.4, -0.2) is 10.5 Å². The number of hydrogen-bond donors (Lipinski definition) is 0. The summed E-state index contributed by atoms with van der Waals surface area (Å²) >= 11 is 1.24. The average molecular weight is 286 g/mol. The van der Waals surface area contributed by atoms with Crippen LogP contribution in [0.1, 0.15) is 12.5 Å². The molecule has 1 amide bonds. The third-order valence-corrected chi connectivity index (χ3v) is 3.07. The lowest BCUT2D eigenvalue weighted by Gasteiger charge is -2.08. The molecule has 0 aliphatic rings. The van der Waals surface area contributed by atoms with Crippen molar-refractivity contribution < 1.29 is 18.0 Å². The van der Waals surface area contributed by atoms with Crippen molar-refractivity contribution in [2.45, 2.75) is 13.1 Å². The van der Waals surface area contributed by atoms with Gasteiger partial charge < -0.3 is 0 Å². The van der Waals surface area contributed by atoms with Crippen LogP contribution in [-0.2, 0) is 11.0 Å². The summed E-state index contributed by atoms with van der Waals surface area (Å²) in [6.07, 6.45) is -2.71. The highest BCUT2D eigenvalue weighted by molar-refractivity contribution is 7.07. The zero-order valence-electron chi connectivity index (χ0n) is 9.81. The molecular weight excluding hydrogens is 277 g/mol. The second-order valence-corrected chi connectivity index (χ2v) is 4.60. The maximum Gasteiger partial charge on any atom is 0.416 e. The maximum absolute atomic E-state index is 12.4. The Kier molecular flexibility index (Phi) is 3.57. The van der Waals surface area contributed by atoms with Gasteiger partial charge in [-0.15, -0.1) is 11.3 Å². The van der Waals surface area contributed by atoms with E-state index in [2.05, 4.69) is 4.99 Å². The van der Waals surface area contributed by atoms with Crippen molar-refractivity contribution in [2.75, 3.05) is 0 Å². The van der Waals surface area contributed by atoms with E-state index in [1.54, 1.807) is 16.1 Å². The van der Waals surface area contributed by atoms with E-state index < -0.39 is 11.7 Å². The molecule has 0 unspecified atom stereocenters. The van der Waals surface area contributed by atoms with Gasteiger partial charge in [0.05, 0.1) is 5.56 Å². The summed E-state index contributed by atoms with van der Waals surface area (Å²) in [5, 5.41) is 1.71. The van der Waals surface area contributed by atoms with Crippen molar-refractivity contribution >= 4 is 17.2 Å². The summed E-state index contributed by atoms with van der Waals surface area (Å²) in [5.41, 5.74) is -0.189. The molecule has 0 radical (unpaired) electrons. The van der Waals surface area contributed by atoms with Crippen LogP contribution in [0.5, 0.6) is 0 Å². The summed E-state index contributed by atoms with van der Waals surface area (Å²) in [7, 11) is 0. The van der Waals surface area contributed by atoms with Crippen molar-refractivity contribution in [3.63, 3.8) is 0 Å². The Hall–Kier alpha value is -1.89. The van der Waals surface area contributed by atoms with Crippen molar-refractivity contribution in [1.29, 1.82) is 0 Å². The van der Waals surface area contributed by atoms with Gasteiger partial charge in [-0.2, -0.15) is 18.2 Å². The Morgan fingerprint density at radius 3 is 2.42 bits per heavy atom. The largest absolute Gasteiger partial charge is 0.416 e. The van der Waals surface area contributed by atoms with Crippen LogP contribution in [0.3, 0.4) is 0 Å². The first-order valence-electron chi connectivity index (χ1n) is 5.27. The first kappa shape index (κ1) is 13.5. The number of alkyl halides is 3. The quantitative estimate of drug-likeness (QED) is 0.793. The summed E-state index contributed by atoms with van der Waals surface area (Å²) < 4.78 is 38.9. The van der Waals surface area contributed by atoms with E-state index in [4.69, 9.17) is 0 Å². The standard InChI is InChI=1S/C12H9F3N2OS/c1-8(18)16-11-17(6-7-19-11)10-4-2-9(3-5-10)12(13,14)15/h2-7H,1H3. The lowest BCUT2D eigenvalue weighted by Crippen LogP contribution is -2.14. The molecule has 0 bridgehead atoms. The molecule has 0 aliphatic carbocycles. The van der Waals surface area contributed by atoms with E-state index in [-0.39, 0.29) is 5.91 Å². The highest BCUT2D eigenvalue weighted by Crippen LogP contribution is 2.29. The molecule has 3 nitrogen and oxygen atoms in total. The Labute approximate surface area is 110 Å². The second-order valence-electron chi connectivity index (χ2n) is 3.73. The zero-order chi connectivity index (χ0) is 14.0. The monoisotopic (exact) mass is 286 g/mol. The van der Waals surface area contributed by atoms with E-state index >= 15 is 0 Å². The first-order valence-corrected chi connectivity index (χ1v) is 6.15. The number of amides is 1. The molecule has 0 saturated heterocycles. The molecule has 7 heteroatoms. The Morgan fingerprint density at radius 1 is 1.26 bits per heavy atom. The Morgan fingerprint density at radius 2 is 1.89 bits per heavy atom. The summed E-state index contributed by atoms with van der Waals surface area (Å²) in [4.78, 5) is 15.2. The minimum Gasteiger partial charge on any atom is -0.292 e. The molecule has 2 aromatic rings. The molecule has 2 rings (SSSR count). The van der Waals surface area contributed by atoms with Gasteiger partial charge in [0, 0.05) is 24.2 Å². The number of thiazole rings is 1. The number of carbonyl (C=O) groups excluding carboxylic acids is 1. The second kappa shape index (κ2) is 5.00. The molecule has 0 N–H and O–H groups in total. The van der Waals surface area contributed by atoms with Crippen molar-refractivity contribution in [1.82, 2.24) is 4.57 Å². The van der Waals surface area contributed by atoms with Gasteiger partial charge in [-0.3, -0.25) is 9.36 Å². The molecule has 0 fully saturated rings. The third kappa shape index (κ3) is 3.11. The number of rotatable bonds is 1. The van der Waals surface area contributed by atoms with Gasteiger partial charge in [-0.1, -0.05) is 0 Å². The van der Waals surface area contributed by atoms with Crippen molar-refractivity contribution in [3.05, 3.63) is 46.2 Å². The summed E-state index contributed by atoms with van der Waals surface area (Å²) in [6, 6.07) is 4.68. The van der Waals surface area contributed by atoms with Crippen molar-refractivity contribution in [3.8, 4) is 5.69 Å². The lowest BCUT2D eigenvalue weighted by atomic mass is 10.2. The highest BCUT2D eigenvalue weighted by atomic mass is 32.1. The number of carbonyl (C=O) groups is 1. The van der Waals surface area contributed by atoms with Crippen LogP contribution in [0.15, 0.2) is 40.8 Å². The Balaban J connectivity index is 2.44. The van der Waals surface area contributed by atoms with E-state index in [9.17, 15) is 18.0 Å². The molecule has 19 heavy (non-hydrogen) atoms. The normalized spacial score (nSPS) is 12.7. The number of nitrogens with zero attached hydrogens (tertiary/aromatic N) is 2. The number of hydrogen-bond acceptors (Lipinski definition) is 2. The molecule has 0 spiro atoms. The lowest BCUT2D eigenvalue weighted by molar-refractivity contribution is -0.137. The van der Waals surface area contributed by atoms with Gasteiger partial charge in [-0.25, -0.2) is 0 Å². The first-order chi connectivity index (χ1) is 8.88. The molecule has 0 saturated carbocycles. The van der Waals surface area contributed by atoms with Crippen LogP contribution in [0, 0.1) is 0 Å². The minimum absolute atomic E-state index is 0.358. The fourth-order valence-electron chi connectivity index (χ4n) is 1.50. The molecule has 1 heterocycles. The van der Waals surface area contributed by atoms with Crippen LogP contribution >= 0.6 is 11.3 Å². The van der Waals surface area contributed by atoms with Gasteiger partial charge in [0.2, 0.25) is 5.91 Å². The van der Waals surface area contributed by atoms with Gasteiger partial charge in [-0.05, 0) is 24.3 Å². The van der Waals surface area contributed by atoms with Crippen LogP contribution < -0.4 is 4.80 Å². The van der Waals surface area contributed by atoms with Gasteiger partial charge in [0.15, 0.2) is 4.80 Å². The minimum atomic E-state index is -4.36. The van der Waals surface area contributed by atoms with E-state index in [0.29, 0.717) is 10.5 Å². The van der Waals surface area contributed by atoms with E-state index in [0.717, 1.165) is 12.1 Å². The molecule has 1 aromatic heterocycles. The van der Waals surface area contributed by atoms with E-state index in [1.165, 1.54) is 30.4 Å². The Bertz CT molecular complexity index is 653. The number of benzene rings is 1. The van der Waals surface area contributed by atoms with Crippen LogP contribution in [0.25, 0.3) is 5.69 Å². The predicted molar refractivity (Wildman–Crippen MR) is 64.9 cm³/mol. The maximum atomic E-state index is 12.4. The summed E-state index contributed by atoms with van der Waals surface area (Å²) in [6.45, 7) is 1.32. The van der Waals surface area contributed by atoms with Crippen LogP contribution in [0.2, 0.25) is 0 Å². The van der Waals surface area contributed by atoms with Gasteiger partial charge in [0.1, 0.15) is 0 Å². The molecule has 0 aliphatic heterocycles. The predicted octanol–water partition coefficient (Wildman–Crippen LogP) is 3.00. The fourth-order valence-corrected chi connectivity index (χ4v) is 2.26. The summed E-state index contributed by atoms with van der Waals surface area (Å²) in [5.74, 6) is -0.358. The molecular formula is C12H9F3N2OS. The van der Waals surface area contributed by atoms with E-state index in [1.807, 2.05) is 0 Å². The van der Waals surface area contributed by atoms with Crippen LogP contribution in [0.4, 0.5) is 13.2 Å². The SMILES string of the molecule is CC(=O)N=c1sccn1-c1ccc(C(F)(F)F)cc1. The smallest absolute Gasteiger partial charge is 0.292 e.